The molecule has 0 bridgehead atoms. The Bertz CT molecular complexity index is 54.9. The molecular weight excluding hydrogens is 104 g/mol. The number of hydrogen-bond acceptors (Lipinski definition) is 2. The molecule has 1 aliphatic heterocycles. The van der Waals surface area contributed by atoms with E-state index in [1.54, 1.807) is 0 Å². The van der Waals surface area contributed by atoms with Gasteiger partial charge in [-0.05, 0) is 6.92 Å². The van der Waals surface area contributed by atoms with Gasteiger partial charge in [0.2, 0.25) is 0 Å². The molecule has 1 aliphatic rings. The van der Waals surface area contributed by atoms with E-state index in [1.165, 1.54) is 0 Å². The summed E-state index contributed by atoms with van der Waals surface area (Å²) in [6.07, 6.45) is 0.0196. The van der Waals surface area contributed by atoms with E-state index in [1.807, 2.05) is 6.92 Å². The molecule has 48 valence electrons. The zero-order valence-electron chi connectivity index (χ0n) is 5.39. The second kappa shape index (κ2) is 2.46. The molecule has 1 rings (SSSR count). The summed E-state index contributed by atoms with van der Waals surface area (Å²) in [7, 11) is 0. The third-order valence-electron chi connectivity index (χ3n) is 1.23. The Labute approximate surface area is 49.8 Å². The van der Waals surface area contributed by atoms with E-state index < -0.39 is 0 Å². The molecule has 0 amide bonds. The van der Waals surface area contributed by atoms with Gasteiger partial charge in [0.15, 0.2) is 6.29 Å². The number of rotatable bonds is 0. The molecule has 0 unspecified atom stereocenters. The van der Waals surface area contributed by atoms with Crippen LogP contribution in [-0.2, 0) is 9.47 Å². The van der Waals surface area contributed by atoms with Gasteiger partial charge in [-0.25, -0.2) is 0 Å². The minimum Gasteiger partial charge on any atom is -0.353 e. The highest BCUT2D eigenvalue weighted by atomic mass is 16.7. The lowest BCUT2D eigenvalue weighted by atomic mass is 10.2. The first-order valence-corrected chi connectivity index (χ1v) is 3.02. The van der Waals surface area contributed by atoms with Crippen LogP contribution >= 0.6 is 0 Å². The summed E-state index contributed by atoms with van der Waals surface area (Å²) in [5, 5.41) is 0. The maximum absolute atomic E-state index is 5.17. The van der Waals surface area contributed by atoms with E-state index in [9.17, 15) is 0 Å². The van der Waals surface area contributed by atoms with E-state index in [0.29, 0.717) is 5.92 Å². The summed E-state index contributed by atoms with van der Waals surface area (Å²) in [4.78, 5) is 0. The molecular formula is C6H12O2. The van der Waals surface area contributed by atoms with Crippen molar-refractivity contribution in [3.05, 3.63) is 0 Å². The van der Waals surface area contributed by atoms with Crippen LogP contribution in [0.1, 0.15) is 13.8 Å². The highest BCUT2D eigenvalue weighted by Crippen LogP contribution is 2.08. The van der Waals surface area contributed by atoms with Crippen molar-refractivity contribution in [2.75, 3.05) is 13.2 Å². The van der Waals surface area contributed by atoms with Crippen LogP contribution in [0.15, 0.2) is 0 Å². The summed E-state index contributed by atoms with van der Waals surface area (Å²) in [6.45, 7) is 5.74. The predicted molar refractivity (Wildman–Crippen MR) is 30.5 cm³/mol. The molecule has 0 aromatic heterocycles. The lowest BCUT2D eigenvalue weighted by Crippen LogP contribution is -2.27. The first kappa shape index (κ1) is 6.05. The van der Waals surface area contributed by atoms with Gasteiger partial charge in [0.25, 0.3) is 0 Å². The molecule has 0 saturated carbocycles. The van der Waals surface area contributed by atoms with Crippen LogP contribution in [0.3, 0.4) is 0 Å². The van der Waals surface area contributed by atoms with Crippen molar-refractivity contribution in [3.63, 3.8) is 0 Å². The van der Waals surface area contributed by atoms with Gasteiger partial charge >= 0.3 is 0 Å². The van der Waals surface area contributed by atoms with Crippen molar-refractivity contribution in [1.82, 2.24) is 0 Å². The van der Waals surface area contributed by atoms with E-state index in [-0.39, 0.29) is 6.29 Å². The van der Waals surface area contributed by atoms with Gasteiger partial charge in [-0.15, -0.1) is 0 Å². The SMILES string of the molecule is C[C@H]1CO[C@H](C)OC1. The summed E-state index contributed by atoms with van der Waals surface area (Å²) in [5.41, 5.74) is 0. The zero-order valence-corrected chi connectivity index (χ0v) is 5.39. The Morgan fingerprint density at radius 3 is 2.00 bits per heavy atom. The van der Waals surface area contributed by atoms with Gasteiger partial charge in [0.05, 0.1) is 13.2 Å². The van der Waals surface area contributed by atoms with Crippen LogP contribution in [0, 0.1) is 5.92 Å². The Morgan fingerprint density at radius 2 is 1.62 bits per heavy atom. The maximum Gasteiger partial charge on any atom is 0.154 e. The van der Waals surface area contributed by atoms with E-state index in [2.05, 4.69) is 6.92 Å². The van der Waals surface area contributed by atoms with Crippen molar-refractivity contribution in [1.29, 1.82) is 0 Å². The Hall–Kier alpha value is -0.0800. The number of hydrogen-bond donors (Lipinski definition) is 0. The fourth-order valence-electron chi connectivity index (χ4n) is 0.696. The van der Waals surface area contributed by atoms with Gasteiger partial charge in [-0.1, -0.05) is 6.92 Å². The number of ether oxygens (including phenoxy) is 2. The summed E-state index contributed by atoms with van der Waals surface area (Å²) in [6, 6.07) is 0. The monoisotopic (exact) mass is 116 g/mol. The quantitative estimate of drug-likeness (QED) is 0.470. The van der Waals surface area contributed by atoms with Crippen molar-refractivity contribution < 1.29 is 9.47 Å². The van der Waals surface area contributed by atoms with Gasteiger partial charge in [0.1, 0.15) is 0 Å². The Kier molecular flexibility index (Phi) is 1.86. The Morgan fingerprint density at radius 1 is 1.12 bits per heavy atom. The van der Waals surface area contributed by atoms with Crippen LogP contribution in [0.2, 0.25) is 0 Å². The van der Waals surface area contributed by atoms with Crippen molar-refractivity contribution in [2.45, 2.75) is 20.1 Å². The summed E-state index contributed by atoms with van der Waals surface area (Å²) in [5.74, 6) is 0.575. The molecule has 8 heavy (non-hydrogen) atoms. The fourth-order valence-corrected chi connectivity index (χ4v) is 0.696. The standard InChI is InChI=1S/C6H12O2/c1-5-3-7-6(2)8-4-5/h5-6H,3-4H2,1-2H3/t5-,6-. The minimum atomic E-state index is 0.0196. The van der Waals surface area contributed by atoms with Gasteiger partial charge in [0, 0.05) is 5.92 Å². The zero-order chi connectivity index (χ0) is 5.98. The molecule has 1 heterocycles. The van der Waals surface area contributed by atoms with Crippen molar-refractivity contribution in [3.8, 4) is 0 Å². The molecule has 2 nitrogen and oxygen atoms in total. The van der Waals surface area contributed by atoms with Gasteiger partial charge in [-0.3, -0.25) is 0 Å². The van der Waals surface area contributed by atoms with E-state index >= 15 is 0 Å². The maximum atomic E-state index is 5.17. The second-order valence-electron chi connectivity index (χ2n) is 2.34. The topological polar surface area (TPSA) is 18.5 Å². The molecule has 0 N–H and O–H groups in total. The molecule has 0 aromatic rings. The summed E-state index contributed by atoms with van der Waals surface area (Å²) >= 11 is 0. The second-order valence-corrected chi connectivity index (χ2v) is 2.34. The molecule has 1 saturated heterocycles. The molecule has 0 spiro atoms. The molecule has 0 radical (unpaired) electrons. The average molecular weight is 116 g/mol. The first-order valence-electron chi connectivity index (χ1n) is 3.02. The molecule has 0 atom stereocenters. The van der Waals surface area contributed by atoms with E-state index in [0.717, 1.165) is 13.2 Å². The smallest absolute Gasteiger partial charge is 0.154 e. The third kappa shape index (κ3) is 1.46. The van der Waals surface area contributed by atoms with Crippen LogP contribution in [0.5, 0.6) is 0 Å². The highest BCUT2D eigenvalue weighted by molar-refractivity contribution is 4.53. The minimum absolute atomic E-state index is 0.0196. The fraction of sp³-hybridized carbons (Fsp3) is 1.00. The lowest BCUT2D eigenvalue weighted by molar-refractivity contribution is -0.187. The van der Waals surface area contributed by atoms with E-state index in [4.69, 9.17) is 9.47 Å². The molecule has 2 heteroatoms. The molecule has 0 aliphatic carbocycles. The molecule has 0 aromatic carbocycles. The Balaban J connectivity index is 2.19. The van der Waals surface area contributed by atoms with Gasteiger partial charge < -0.3 is 9.47 Å². The van der Waals surface area contributed by atoms with Gasteiger partial charge in [-0.2, -0.15) is 0 Å². The average Bonchev–Trinajstić information content (AvgIpc) is 1.77. The van der Waals surface area contributed by atoms with Crippen molar-refractivity contribution in [2.24, 2.45) is 5.92 Å². The summed E-state index contributed by atoms with van der Waals surface area (Å²) < 4.78 is 10.3. The van der Waals surface area contributed by atoms with Crippen LogP contribution in [-0.4, -0.2) is 19.5 Å². The third-order valence-corrected chi connectivity index (χ3v) is 1.23. The van der Waals surface area contributed by atoms with Crippen LogP contribution in [0.4, 0.5) is 0 Å². The predicted octanol–water partition coefficient (Wildman–Crippen LogP) is 1.02. The normalized spacial score (nSPS) is 39.8. The van der Waals surface area contributed by atoms with Crippen LogP contribution < -0.4 is 0 Å². The molecule has 1 fully saturated rings. The van der Waals surface area contributed by atoms with Crippen molar-refractivity contribution >= 4 is 0 Å². The first-order chi connectivity index (χ1) is 3.79. The largest absolute Gasteiger partial charge is 0.353 e. The lowest BCUT2D eigenvalue weighted by Gasteiger charge is -2.24. The van der Waals surface area contributed by atoms with Crippen LogP contribution in [0.25, 0.3) is 0 Å². The highest BCUT2D eigenvalue weighted by Gasteiger charge is 2.13.